The molecule has 1 heterocycles. The monoisotopic (exact) mass is 236 g/mol. The molecular weight excluding hydrogens is 218 g/mol. The zero-order valence-corrected chi connectivity index (χ0v) is 9.49. The van der Waals surface area contributed by atoms with Crippen molar-refractivity contribution >= 4 is 5.91 Å². The normalized spacial score (nSPS) is 23.6. The van der Waals surface area contributed by atoms with Gasteiger partial charge in [-0.25, -0.2) is 8.78 Å². The van der Waals surface area contributed by atoms with Crippen LogP contribution < -0.4 is 5.32 Å². The first-order valence-corrected chi connectivity index (χ1v) is 5.43. The first-order valence-electron chi connectivity index (χ1n) is 5.43. The van der Waals surface area contributed by atoms with Crippen LogP contribution in [0.3, 0.4) is 0 Å². The maximum Gasteiger partial charge on any atom is 0.265 e. The minimum Gasteiger partial charge on any atom is -0.385 e. The van der Waals surface area contributed by atoms with Crippen molar-refractivity contribution in [1.29, 1.82) is 0 Å². The first kappa shape index (κ1) is 13.3. The zero-order valence-electron chi connectivity index (χ0n) is 9.49. The summed E-state index contributed by atoms with van der Waals surface area (Å²) in [5, 5.41) is 12.1. The Bertz CT molecular complexity index is 249. The van der Waals surface area contributed by atoms with Gasteiger partial charge in [-0.2, -0.15) is 0 Å². The Balaban J connectivity index is 2.45. The quantitative estimate of drug-likeness (QED) is 0.717. The van der Waals surface area contributed by atoms with Crippen LogP contribution in [0.25, 0.3) is 0 Å². The highest BCUT2D eigenvalue weighted by atomic mass is 19.3. The fourth-order valence-electron chi connectivity index (χ4n) is 1.78. The Labute approximate surface area is 93.6 Å². The van der Waals surface area contributed by atoms with Crippen LogP contribution in [0.4, 0.5) is 8.78 Å². The van der Waals surface area contributed by atoms with Crippen molar-refractivity contribution in [3.63, 3.8) is 0 Å². The highest BCUT2D eigenvalue weighted by Gasteiger charge is 2.34. The van der Waals surface area contributed by atoms with Gasteiger partial charge in [0.25, 0.3) is 6.43 Å². The van der Waals surface area contributed by atoms with Gasteiger partial charge >= 0.3 is 0 Å². The van der Waals surface area contributed by atoms with Gasteiger partial charge in [-0.3, -0.25) is 4.79 Å². The Kier molecular flexibility index (Phi) is 4.61. The predicted octanol–water partition coefficient (Wildman–Crippen LogP) is 0.211. The van der Waals surface area contributed by atoms with Gasteiger partial charge in [0.2, 0.25) is 5.91 Å². The molecule has 1 amide bonds. The van der Waals surface area contributed by atoms with Crippen molar-refractivity contribution < 1.29 is 18.7 Å². The summed E-state index contributed by atoms with van der Waals surface area (Å²) in [6.07, 6.45) is -3.95. The van der Waals surface area contributed by atoms with Crippen molar-refractivity contribution in [2.45, 2.75) is 44.9 Å². The third-order valence-electron chi connectivity index (χ3n) is 2.53. The number of amides is 1. The molecule has 0 saturated carbocycles. The van der Waals surface area contributed by atoms with Gasteiger partial charge in [-0.1, -0.05) is 13.8 Å². The van der Waals surface area contributed by atoms with E-state index in [1.54, 1.807) is 0 Å². The van der Waals surface area contributed by atoms with Crippen molar-refractivity contribution in [2.75, 3.05) is 13.1 Å². The average molecular weight is 236 g/mol. The molecule has 0 aromatic heterocycles. The van der Waals surface area contributed by atoms with Gasteiger partial charge in [0.15, 0.2) is 0 Å². The summed E-state index contributed by atoms with van der Waals surface area (Å²) in [6.45, 7) is 3.98. The summed E-state index contributed by atoms with van der Waals surface area (Å²) in [6, 6.07) is -0.126. The molecule has 2 atom stereocenters. The van der Waals surface area contributed by atoms with Gasteiger partial charge < -0.3 is 15.3 Å². The molecule has 0 aromatic carbocycles. The fraction of sp³-hybridized carbons (Fsp3) is 0.900. The number of hydrogen-bond acceptors (Lipinski definition) is 3. The van der Waals surface area contributed by atoms with E-state index in [1.807, 2.05) is 13.8 Å². The second-order valence-corrected chi connectivity index (χ2v) is 4.35. The zero-order chi connectivity index (χ0) is 12.3. The Hall–Kier alpha value is -0.750. The molecule has 4 nitrogen and oxygen atoms in total. The highest BCUT2D eigenvalue weighted by Crippen LogP contribution is 2.14. The maximum absolute atomic E-state index is 12.1. The van der Waals surface area contributed by atoms with Crippen molar-refractivity contribution in [1.82, 2.24) is 10.2 Å². The number of halogens is 2. The molecule has 1 aliphatic rings. The van der Waals surface area contributed by atoms with E-state index in [1.165, 1.54) is 4.90 Å². The number of aliphatic hydroxyl groups excluding tert-OH is 1. The van der Waals surface area contributed by atoms with Crippen LogP contribution in [-0.2, 0) is 4.79 Å². The van der Waals surface area contributed by atoms with Crippen LogP contribution in [0, 0.1) is 0 Å². The van der Waals surface area contributed by atoms with E-state index < -0.39 is 12.5 Å². The number of carbonyl (C=O) groups excluding carboxylic acids is 1. The summed E-state index contributed by atoms with van der Waals surface area (Å²) >= 11 is 0. The highest BCUT2D eigenvalue weighted by molar-refractivity contribution is 5.84. The molecule has 0 radical (unpaired) electrons. The van der Waals surface area contributed by atoms with Gasteiger partial charge in [-0.05, 0) is 6.42 Å². The molecule has 1 fully saturated rings. The number of carbonyl (C=O) groups is 1. The molecule has 1 aliphatic heterocycles. The van der Waals surface area contributed by atoms with E-state index in [-0.39, 0.29) is 24.5 Å². The fourth-order valence-corrected chi connectivity index (χ4v) is 1.78. The maximum atomic E-state index is 12.1. The number of nitrogens with zero attached hydrogens (tertiary/aromatic N) is 1. The average Bonchev–Trinajstić information content (AvgIpc) is 2.49. The van der Waals surface area contributed by atoms with E-state index in [0.717, 1.165) is 0 Å². The van der Waals surface area contributed by atoms with E-state index in [4.69, 9.17) is 5.11 Å². The molecule has 6 heteroatoms. The van der Waals surface area contributed by atoms with Crippen molar-refractivity contribution in [3.8, 4) is 0 Å². The lowest BCUT2D eigenvalue weighted by atomic mass is 10.2. The summed E-state index contributed by atoms with van der Waals surface area (Å²) in [5.74, 6) is -0.201. The Morgan fingerprint density at radius 3 is 2.69 bits per heavy atom. The topological polar surface area (TPSA) is 52.6 Å². The number of rotatable bonds is 5. The van der Waals surface area contributed by atoms with Gasteiger partial charge in [-0.15, -0.1) is 0 Å². The molecule has 1 saturated heterocycles. The van der Waals surface area contributed by atoms with Gasteiger partial charge in [0.05, 0.1) is 12.6 Å². The van der Waals surface area contributed by atoms with E-state index in [0.29, 0.717) is 13.0 Å². The van der Waals surface area contributed by atoms with E-state index in [9.17, 15) is 13.6 Å². The SMILES string of the molecule is CC(C)NC1CCN(CC(O)C(F)F)C1=O. The molecular formula is C10H18F2N2O2. The van der Waals surface area contributed by atoms with E-state index >= 15 is 0 Å². The second kappa shape index (κ2) is 5.54. The molecule has 0 bridgehead atoms. The Morgan fingerprint density at radius 2 is 2.19 bits per heavy atom. The lowest BCUT2D eigenvalue weighted by molar-refractivity contribution is -0.132. The molecule has 2 N–H and O–H groups in total. The third kappa shape index (κ3) is 3.38. The number of alkyl halides is 2. The molecule has 0 aromatic rings. The molecule has 0 aliphatic carbocycles. The molecule has 1 rings (SSSR count). The number of likely N-dealkylation sites (tertiary alicyclic amines) is 1. The Morgan fingerprint density at radius 1 is 1.56 bits per heavy atom. The smallest absolute Gasteiger partial charge is 0.265 e. The summed E-state index contributed by atoms with van der Waals surface area (Å²) in [5.41, 5.74) is 0. The molecule has 0 spiro atoms. The first-order chi connectivity index (χ1) is 7.41. The molecule has 16 heavy (non-hydrogen) atoms. The standard InChI is InChI=1S/C10H18F2N2O2/c1-6(2)13-7-3-4-14(10(7)16)5-8(15)9(11)12/h6-9,13,15H,3-5H2,1-2H3. The minimum absolute atomic E-state index is 0.175. The second-order valence-electron chi connectivity index (χ2n) is 4.35. The predicted molar refractivity (Wildman–Crippen MR) is 55.3 cm³/mol. The van der Waals surface area contributed by atoms with Crippen LogP contribution in [-0.4, -0.2) is 53.6 Å². The van der Waals surface area contributed by atoms with Crippen LogP contribution in [0.1, 0.15) is 20.3 Å². The molecule has 2 unspecified atom stereocenters. The molecule has 94 valence electrons. The lowest BCUT2D eigenvalue weighted by Gasteiger charge is -2.20. The van der Waals surface area contributed by atoms with Gasteiger partial charge in [0, 0.05) is 12.6 Å². The van der Waals surface area contributed by atoms with Crippen molar-refractivity contribution in [3.05, 3.63) is 0 Å². The van der Waals surface area contributed by atoms with Crippen LogP contribution >= 0.6 is 0 Å². The lowest BCUT2D eigenvalue weighted by Crippen LogP contribution is -2.44. The summed E-state index contributed by atoms with van der Waals surface area (Å²) in [7, 11) is 0. The van der Waals surface area contributed by atoms with Gasteiger partial charge in [0.1, 0.15) is 6.10 Å². The van der Waals surface area contributed by atoms with Crippen LogP contribution in [0.2, 0.25) is 0 Å². The van der Waals surface area contributed by atoms with Crippen LogP contribution in [0.15, 0.2) is 0 Å². The number of nitrogens with one attached hydrogen (secondary N) is 1. The minimum atomic E-state index is -2.80. The third-order valence-corrected chi connectivity index (χ3v) is 2.53. The largest absolute Gasteiger partial charge is 0.385 e. The number of β-amino-alcohol motifs (C(OH)–C–C–N with tert-alkyl or cyclic N) is 1. The van der Waals surface area contributed by atoms with Crippen LogP contribution in [0.5, 0.6) is 0 Å². The number of hydrogen-bond donors (Lipinski definition) is 2. The summed E-state index contributed by atoms with van der Waals surface area (Å²) in [4.78, 5) is 13.0. The summed E-state index contributed by atoms with van der Waals surface area (Å²) < 4.78 is 24.2. The number of aliphatic hydroxyl groups is 1. The van der Waals surface area contributed by atoms with Crippen molar-refractivity contribution in [2.24, 2.45) is 0 Å². The van der Waals surface area contributed by atoms with E-state index in [2.05, 4.69) is 5.32 Å².